The van der Waals surface area contributed by atoms with Crippen LogP contribution in [0.3, 0.4) is 0 Å². The van der Waals surface area contributed by atoms with Crippen LogP contribution in [0, 0.1) is 30.9 Å². The van der Waals surface area contributed by atoms with Gasteiger partial charge in [0.15, 0.2) is 0 Å². The van der Waals surface area contributed by atoms with Gasteiger partial charge in [-0.2, -0.15) is 0 Å². The third-order valence-electron chi connectivity index (χ3n) is 3.65. The fourth-order valence-electron chi connectivity index (χ4n) is 2.45. The molecule has 1 unspecified atom stereocenters. The lowest BCUT2D eigenvalue weighted by molar-refractivity contribution is -0.385. The van der Waals surface area contributed by atoms with Crippen LogP contribution in [0.2, 0.25) is 0 Å². The topological polar surface area (TPSA) is 55.2 Å². The van der Waals surface area contributed by atoms with E-state index in [0.29, 0.717) is 5.56 Å². The van der Waals surface area contributed by atoms with Crippen LogP contribution < -0.4 is 5.32 Å². The molecule has 0 spiro atoms. The summed E-state index contributed by atoms with van der Waals surface area (Å²) in [6.07, 6.45) is 0. The Bertz CT molecular complexity index is 680. The van der Waals surface area contributed by atoms with Gasteiger partial charge in [-0.15, -0.1) is 0 Å². The van der Waals surface area contributed by atoms with Crippen molar-refractivity contribution < 1.29 is 4.92 Å². The highest BCUT2D eigenvalue weighted by molar-refractivity contribution is 5.60. The number of anilines is 1. The summed E-state index contributed by atoms with van der Waals surface area (Å²) >= 11 is 0. The van der Waals surface area contributed by atoms with Gasteiger partial charge in [-0.3, -0.25) is 10.1 Å². The summed E-state index contributed by atoms with van der Waals surface area (Å²) < 4.78 is 0. The maximum absolute atomic E-state index is 11.1. The lowest BCUT2D eigenvalue weighted by Crippen LogP contribution is -2.08. The molecule has 2 rings (SSSR count). The molecule has 0 saturated carbocycles. The zero-order valence-electron chi connectivity index (χ0n) is 12.8. The second kappa shape index (κ2) is 5.95. The van der Waals surface area contributed by atoms with Gasteiger partial charge in [-0.05, 0) is 44.9 Å². The quantitative estimate of drug-likeness (QED) is 0.654. The first-order chi connectivity index (χ1) is 9.88. The van der Waals surface area contributed by atoms with E-state index >= 15 is 0 Å². The van der Waals surface area contributed by atoms with Gasteiger partial charge in [0.1, 0.15) is 0 Å². The van der Waals surface area contributed by atoms with E-state index in [4.69, 9.17) is 0 Å². The molecule has 0 bridgehead atoms. The molecule has 4 heteroatoms. The summed E-state index contributed by atoms with van der Waals surface area (Å²) in [5, 5.41) is 14.4. The van der Waals surface area contributed by atoms with Gasteiger partial charge in [-0.25, -0.2) is 0 Å². The molecule has 110 valence electrons. The van der Waals surface area contributed by atoms with E-state index in [9.17, 15) is 10.1 Å². The Morgan fingerprint density at radius 1 is 1.10 bits per heavy atom. The van der Waals surface area contributed by atoms with Gasteiger partial charge < -0.3 is 5.32 Å². The van der Waals surface area contributed by atoms with Crippen molar-refractivity contribution >= 4 is 11.4 Å². The zero-order valence-corrected chi connectivity index (χ0v) is 12.8. The number of hydrogen-bond donors (Lipinski definition) is 1. The second-order valence-electron chi connectivity index (χ2n) is 5.49. The highest BCUT2D eigenvalue weighted by Crippen LogP contribution is 2.29. The lowest BCUT2D eigenvalue weighted by Gasteiger charge is -2.18. The molecular weight excluding hydrogens is 264 g/mol. The standard InChI is InChI=1S/C17H20N2O2/c1-11-6-5-7-15(8-11)14(4)18-16-10-17(19(20)21)13(3)9-12(16)2/h5-10,14,18H,1-4H3. The Balaban J connectivity index is 2.31. The molecule has 2 aromatic rings. The molecule has 4 nitrogen and oxygen atoms in total. The SMILES string of the molecule is Cc1cccc(C(C)Nc2cc([N+](=O)[O-])c(C)cc2C)c1. The molecule has 1 N–H and O–H groups in total. The maximum Gasteiger partial charge on any atom is 0.274 e. The monoisotopic (exact) mass is 284 g/mol. The van der Waals surface area contributed by atoms with Gasteiger partial charge in [-0.1, -0.05) is 29.8 Å². The van der Waals surface area contributed by atoms with Crippen LogP contribution in [-0.2, 0) is 0 Å². The average Bonchev–Trinajstić information content (AvgIpc) is 2.41. The maximum atomic E-state index is 11.1. The van der Waals surface area contributed by atoms with Crippen LogP contribution in [-0.4, -0.2) is 4.92 Å². The molecule has 2 aromatic carbocycles. The van der Waals surface area contributed by atoms with Crippen LogP contribution in [0.25, 0.3) is 0 Å². The molecule has 21 heavy (non-hydrogen) atoms. The highest BCUT2D eigenvalue weighted by atomic mass is 16.6. The summed E-state index contributed by atoms with van der Waals surface area (Å²) in [7, 11) is 0. The number of nitro benzene ring substituents is 1. The van der Waals surface area contributed by atoms with Crippen LogP contribution in [0.5, 0.6) is 0 Å². The molecule has 0 amide bonds. The minimum Gasteiger partial charge on any atom is -0.378 e. The van der Waals surface area contributed by atoms with E-state index in [1.54, 1.807) is 13.0 Å². The van der Waals surface area contributed by atoms with Crippen molar-refractivity contribution in [1.29, 1.82) is 0 Å². The first kappa shape index (κ1) is 15.0. The molecule has 0 fully saturated rings. The molecule has 0 aliphatic rings. The highest BCUT2D eigenvalue weighted by Gasteiger charge is 2.15. The zero-order chi connectivity index (χ0) is 15.6. The molecule has 1 atom stereocenters. The molecule has 0 aromatic heterocycles. The molecule has 0 radical (unpaired) electrons. The molecular formula is C17H20N2O2. The van der Waals surface area contributed by atoms with Crippen molar-refractivity contribution in [2.24, 2.45) is 0 Å². The Labute approximate surface area is 125 Å². The number of hydrogen-bond acceptors (Lipinski definition) is 3. The minimum absolute atomic E-state index is 0.0888. The summed E-state index contributed by atoms with van der Waals surface area (Å²) in [5.41, 5.74) is 5.02. The van der Waals surface area contributed by atoms with E-state index in [1.165, 1.54) is 5.56 Å². The Hall–Kier alpha value is -2.36. The second-order valence-corrected chi connectivity index (χ2v) is 5.49. The summed E-state index contributed by atoms with van der Waals surface area (Å²) in [6, 6.07) is 11.8. The van der Waals surface area contributed by atoms with E-state index in [2.05, 4.69) is 37.4 Å². The van der Waals surface area contributed by atoms with Crippen molar-refractivity contribution in [2.45, 2.75) is 33.7 Å². The minimum atomic E-state index is -0.336. The summed E-state index contributed by atoms with van der Waals surface area (Å²) in [4.78, 5) is 10.7. The van der Waals surface area contributed by atoms with E-state index in [0.717, 1.165) is 16.8 Å². The largest absolute Gasteiger partial charge is 0.378 e. The number of benzene rings is 2. The van der Waals surface area contributed by atoms with E-state index < -0.39 is 0 Å². The Morgan fingerprint density at radius 3 is 2.43 bits per heavy atom. The van der Waals surface area contributed by atoms with Crippen molar-refractivity contribution in [3.8, 4) is 0 Å². The normalized spacial score (nSPS) is 12.0. The Morgan fingerprint density at radius 2 is 1.81 bits per heavy atom. The van der Waals surface area contributed by atoms with Crippen molar-refractivity contribution in [2.75, 3.05) is 5.32 Å². The average molecular weight is 284 g/mol. The van der Waals surface area contributed by atoms with Crippen molar-refractivity contribution in [3.05, 3.63) is 68.8 Å². The molecule has 0 aliphatic heterocycles. The van der Waals surface area contributed by atoms with Gasteiger partial charge in [0.25, 0.3) is 5.69 Å². The number of nitrogens with zero attached hydrogens (tertiary/aromatic N) is 1. The van der Waals surface area contributed by atoms with Gasteiger partial charge in [0, 0.05) is 23.4 Å². The first-order valence-electron chi connectivity index (χ1n) is 6.97. The van der Waals surface area contributed by atoms with Gasteiger partial charge in [0.05, 0.1) is 4.92 Å². The number of aryl methyl sites for hydroxylation is 3. The summed E-state index contributed by atoms with van der Waals surface area (Å²) in [5.74, 6) is 0. The molecule has 0 heterocycles. The number of nitro groups is 1. The fraction of sp³-hybridized carbons (Fsp3) is 0.294. The predicted octanol–water partition coefficient (Wildman–Crippen LogP) is 4.69. The van der Waals surface area contributed by atoms with Crippen LogP contribution in [0.4, 0.5) is 11.4 Å². The number of nitrogens with one attached hydrogen (secondary N) is 1. The van der Waals surface area contributed by atoms with Crippen molar-refractivity contribution in [3.63, 3.8) is 0 Å². The first-order valence-corrected chi connectivity index (χ1v) is 6.97. The fourth-order valence-corrected chi connectivity index (χ4v) is 2.45. The van der Waals surface area contributed by atoms with Gasteiger partial charge >= 0.3 is 0 Å². The summed E-state index contributed by atoms with van der Waals surface area (Å²) in [6.45, 7) is 7.83. The van der Waals surface area contributed by atoms with Crippen molar-refractivity contribution in [1.82, 2.24) is 0 Å². The van der Waals surface area contributed by atoms with Crippen LogP contribution in [0.1, 0.15) is 35.2 Å². The number of rotatable bonds is 4. The van der Waals surface area contributed by atoms with Crippen LogP contribution >= 0.6 is 0 Å². The predicted molar refractivity (Wildman–Crippen MR) is 85.8 cm³/mol. The van der Waals surface area contributed by atoms with E-state index in [-0.39, 0.29) is 16.7 Å². The third kappa shape index (κ3) is 3.40. The van der Waals surface area contributed by atoms with Gasteiger partial charge in [0.2, 0.25) is 0 Å². The van der Waals surface area contributed by atoms with Crippen LogP contribution in [0.15, 0.2) is 36.4 Å². The Kier molecular flexibility index (Phi) is 4.26. The smallest absolute Gasteiger partial charge is 0.274 e. The lowest BCUT2D eigenvalue weighted by atomic mass is 10.0. The molecule has 0 aliphatic carbocycles. The third-order valence-corrected chi connectivity index (χ3v) is 3.65. The van der Waals surface area contributed by atoms with E-state index in [1.807, 2.05) is 19.1 Å². The molecule has 0 saturated heterocycles.